The molecular weight excluding hydrogens is 336 g/mol. The van der Waals surface area contributed by atoms with E-state index in [0.29, 0.717) is 12.2 Å². The number of carbonyl (C=O) groups is 1. The van der Waals surface area contributed by atoms with E-state index in [4.69, 9.17) is 9.84 Å². The minimum atomic E-state index is -0.936. The molecule has 0 radical (unpaired) electrons. The predicted molar refractivity (Wildman–Crippen MR) is 114 cm³/mol. The van der Waals surface area contributed by atoms with Crippen molar-refractivity contribution in [2.75, 3.05) is 6.61 Å². The molecule has 0 unspecified atom stereocenters. The third kappa shape index (κ3) is 7.86. The Balaban J connectivity index is 2.94. The Morgan fingerprint density at radius 1 is 1.07 bits per heavy atom. The number of hydrogen-bond donors (Lipinski definition) is 1. The van der Waals surface area contributed by atoms with Gasteiger partial charge in [0.05, 0.1) is 0 Å². The first-order chi connectivity index (χ1) is 12.3. The summed E-state index contributed by atoms with van der Waals surface area (Å²) in [5, 5.41) is 8.72. The molecule has 27 heavy (non-hydrogen) atoms. The van der Waals surface area contributed by atoms with Crippen LogP contribution in [0.3, 0.4) is 0 Å². The van der Waals surface area contributed by atoms with Crippen LogP contribution in [-0.2, 0) is 15.6 Å². The van der Waals surface area contributed by atoms with Gasteiger partial charge < -0.3 is 9.84 Å². The van der Waals surface area contributed by atoms with Crippen LogP contribution in [0.15, 0.2) is 53.6 Å². The average molecular weight is 371 g/mol. The number of carboxylic acids is 1. The van der Waals surface area contributed by atoms with Crippen molar-refractivity contribution in [3.8, 4) is 5.75 Å². The molecular formula is C24H34O3. The predicted octanol–water partition coefficient (Wildman–Crippen LogP) is 6.19. The Bertz CT molecular complexity index is 751. The largest absolute Gasteiger partial charge is 0.489 e. The summed E-state index contributed by atoms with van der Waals surface area (Å²) in [4.78, 5) is 10.6. The molecule has 0 aliphatic rings. The van der Waals surface area contributed by atoms with Crippen molar-refractivity contribution in [1.82, 2.24) is 0 Å². The van der Waals surface area contributed by atoms with Gasteiger partial charge in [-0.1, -0.05) is 71.9 Å². The van der Waals surface area contributed by atoms with Crippen molar-refractivity contribution in [3.63, 3.8) is 0 Å². The topological polar surface area (TPSA) is 46.5 Å². The van der Waals surface area contributed by atoms with Crippen molar-refractivity contribution in [3.05, 3.63) is 64.8 Å². The van der Waals surface area contributed by atoms with Crippen LogP contribution >= 0.6 is 0 Å². The van der Waals surface area contributed by atoms with Gasteiger partial charge in [-0.15, -0.1) is 0 Å². The normalized spacial score (nSPS) is 13.9. The van der Waals surface area contributed by atoms with Crippen molar-refractivity contribution in [2.24, 2.45) is 0 Å². The zero-order valence-electron chi connectivity index (χ0n) is 18.0. The van der Waals surface area contributed by atoms with Crippen LogP contribution in [0.5, 0.6) is 5.75 Å². The van der Waals surface area contributed by atoms with Gasteiger partial charge in [-0.25, -0.2) is 4.79 Å². The molecule has 0 saturated heterocycles. The maximum absolute atomic E-state index is 10.6. The first-order valence-electron chi connectivity index (χ1n) is 9.33. The first kappa shape index (κ1) is 22.8. The Morgan fingerprint density at radius 3 is 2.22 bits per heavy atom. The number of carboxylic acid groups (broad SMARTS) is 1. The highest BCUT2D eigenvalue weighted by atomic mass is 16.5. The van der Waals surface area contributed by atoms with E-state index in [-0.39, 0.29) is 10.8 Å². The number of benzene rings is 1. The molecule has 148 valence electrons. The molecule has 0 aliphatic carbocycles. The van der Waals surface area contributed by atoms with Crippen LogP contribution in [0, 0.1) is 0 Å². The van der Waals surface area contributed by atoms with E-state index in [1.165, 1.54) is 17.2 Å². The molecule has 0 aromatic heterocycles. The van der Waals surface area contributed by atoms with Crippen molar-refractivity contribution in [1.29, 1.82) is 0 Å². The van der Waals surface area contributed by atoms with Crippen molar-refractivity contribution < 1.29 is 14.6 Å². The van der Waals surface area contributed by atoms with Crippen LogP contribution in [0.25, 0.3) is 0 Å². The quantitative estimate of drug-likeness (QED) is 0.479. The van der Waals surface area contributed by atoms with Crippen LogP contribution < -0.4 is 4.74 Å². The third-order valence-electron chi connectivity index (χ3n) is 4.20. The number of rotatable bonds is 6. The van der Waals surface area contributed by atoms with E-state index in [2.05, 4.69) is 59.7 Å². The van der Waals surface area contributed by atoms with E-state index >= 15 is 0 Å². The standard InChI is InChI=1S/C24H34O3/c1-17(14-22(25)26)10-9-11-18(2)16-27-21-13-12-19(23(3,4)5)15-20(21)24(6,7)8/h9-15H,16H2,1-8H3,(H,25,26)/b10-9+,17-14+,18-11+. The number of ether oxygens (including phenoxy) is 1. The number of hydrogen-bond acceptors (Lipinski definition) is 2. The summed E-state index contributed by atoms with van der Waals surface area (Å²) in [6, 6.07) is 6.47. The van der Waals surface area contributed by atoms with Gasteiger partial charge in [0.15, 0.2) is 0 Å². The molecule has 0 bridgehead atoms. The van der Waals surface area contributed by atoms with Crippen LogP contribution in [0.2, 0.25) is 0 Å². The van der Waals surface area contributed by atoms with Gasteiger partial charge in [-0.05, 0) is 53.0 Å². The third-order valence-corrected chi connectivity index (χ3v) is 4.20. The van der Waals surface area contributed by atoms with Crippen LogP contribution in [0.4, 0.5) is 0 Å². The molecule has 3 nitrogen and oxygen atoms in total. The molecule has 1 rings (SSSR count). The Labute approximate surface area is 164 Å². The van der Waals surface area contributed by atoms with Gasteiger partial charge in [-0.2, -0.15) is 0 Å². The fourth-order valence-corrected chi connectivity index (χ4v) is 2.56. The highest BCUT2D eigenvalue weighted by Gasteiger charge is 2.23. The van der Waals surface area contributed by atoms with Crippen LogP contribution in [0.1, 0.15) is 66.5 Å². The lowest BCUT2D eigenvalue weighted by atomic mass is 9.80. The molecule has 0 heterocycles. The van der Waals surface area contributed by atoms with E-state index in [9.17, 15) is 4.79 Å². The van der Waals surface area contributed by atoms with E-state index in [1.54, 1.807) is 13.0 Å². The van der Waals surface area contributed by atoms with Gasteiger partial charge in [-0.3, -0.25) is 0 Å². The summed E-state index contributed by atoms with van der Waals surface area (Å²) in [6.07, 6.45) is 6.75. The van der Waals surface area contributed by atoms with Crippen LogP contribution in [-0.4, -0.2) is 17.7 Å². The maximum Gasteiger partial charge on any atom is 0.328 e. The van der Waals surface area contributed by atoms with E-state index in [0.717, 1.165) is 11.3 Å². The first-order valence-corrected chi connectivity index (χ1v) is 9.33. The smallest absolute Gasteiger partial charge is 0.328 e. The minimum Gasteiger partial charge on any atom is -0.489 e. The maximum atomic E-state index is 10.6. The summed E-state index contributed by atoms with van der Waals surface area (Å²) in [5.41, 5.74) is 4.36. The molecule has 0 spiro atoms. The summed E-state index contributed by atoms with van der Waals surface area (Å²) >= 11 is 0. The second-order valence-electron chi connectivity index (χ2n) is 9.10. The summed E-state index contributed by atoms with van der Waals surface area (Å²) < 4.78 is 6.10. The second kappa shape index (κ2) is 9.07. The molecule has 0 fully saturated rings. The van der Waals surface area contributed by atoms with Gasteiger partial charge >= 0.3 is 5.97 Å². The zero-order valence-corrected chi connectivity index (χ0v) is 18.0. The Hall–Kier alpha value is -2.29. The van der Waals surface area contributed by atoms with Crippen molar-refractivity contribution in [2.45, 2.75) is 66.2 Å². The molecule has 0 aliphatic heterocycles. The average Bonchev–Trinajstić information content (AvgIpc) is 2.50. The highest BCUT2D eigenvalue weighted by Crippen LogP contribution is 2.35. The van der Waals surface area contributed by atoms with Gasteiger partial charge in [0.25, 0.3) is 0 Å². The summed E-state index contributed by atoms with van der Waals surface area (Å²) in [7, 11) is 0. The highest BCUT2D eigenvalue weighted by molar-refractivity contribution is 5.81. The molecule has 3 heteroatoms. The van der Waals surface area contributed by atoms with E-state index in [1.807, 2.05) is 19.1 Å². The lowest BCUT2D eigenvalue weighted by Gasteiger charge is -2.27. The fraction of sp³-hybridized carbons (Fsp3) is 0.458. The van der Waals surface area contributed by atoms with Gasteiger partial charge in [0.1, 0.15) is 12.4 Å². The van der Waals surface area contributed by atoms with Gasteiger partial charge in [0.2, 0.25) is 0 Å². The van der Waals surface area contributed by atoms with E-state index < -0.39 is 5.97 Å². The lowest BCUT2D eigenvalue weighted by molar-refractivity contribution is -0.131. The van der Waals surface area contributed by atoms with Crippen molar-refractivity contribution >= 4 is 5.97 Å². The monoisotopic (exact) mass is 370 g/mol. The Morgan fingerprint density at radius 2 is 1.70 bits per heavy atom. The number of aliphatic carboxylic acids is 1. The molecule has 0 atom stereocenters. The molecule has 0 amide bonds. The summed E-state index contributed by atoms with van der Waals surface area (Å²) in [5.74, 6) is -0.0243. The number of allylic oxidation sites excluding steroid dienone is 4. The van der Waals surface area contributed by atoms with Gasteiger partial charge in [0, 0.05) is 6.08 Å². The molecule has 0 saturated carbocycles. The minimum absolute atomic E-state index is 0.00709. The zero-order chi connectivity index (χ0) is 20.8. The lowest BCUT2D eigenvalue weighted by Crippen LogP contribution is -2.18. The fourth-order valence-electron chi connectivity index (χ4n) is 2.56. The molecule has 1 aromatic rings. The summed E-state index contributed by atoms with van der Waals surface area (Å²) in [6.45, 7) is 17.5. The Kier molecular flexibility index (Phi) is 7.65. The molecule has 1 aromatic carbocycles. The second-order valence-corrected chi connectivity index (χ2v) is 9.10. The SMILES string of the molecule is CC(/C=C/C=C(\C)COc1ccc(C(C)(C)C)cc1C(C)(C)C)=C\C(=O)O. The molecule has 1 N–H and O–H groups in total.